The standard InChI is InChI=1S/C18H23N3/c1-3-7-16(8-4-1)21-17(11-14-20-21)18(15-9-10-15)12-5-2-6-13-19-18/h1,3-4,7-8,11,14-15,19H,2,5-6,9-10,12-13H2. The Morgan fingerprint density at radius 1 is 1.05 bits per heavy atom. The molecule has 110 valence electrons. The van der Waals surface area contributed by atoms with Crippen molar-refractivity contribution in [3.63, 3.8) is 0 Å². The van der Waals surface area contributed by atoms with Crippen LogP contribution in [0.2, 0.25) is 0 Å². The van der Waals surface area contributed by atoms with E-state index in [1.165, 1.54) is 49.9 Å². The van der Waals surface area contributed by atoms with E-state index in [4.69, 9.17) is 0 Å². The zero-order chi connectivity index (χ0) is 14.1. The van der Waals surface area contributed by atoms with Crippen molar-refractivity contribution >= 4 is 0 Å². The molecule has 21 heavy (non-hydrogen) atoms. The molecule has 0 spiro atoms. The number of benzene rings is 1. The van der Waals surface area contributed by atoms with Gasteiger partial charge in [-0.2, -0.15) is 5.10 Å². The maximum absolute atomic E-state index is 4.62. The number of hydrogen-bond donors (Lipinski definition) is 1. The van der Waals surface area contributed by atoms with Crippen molar-refractivity contribution in [2.24, 2.45) is 5.92 Å². The van der Waals surface area contributed by atoms with Crippen molar-refractivity contribution in [2.45, 2.75) is 44.1 Å². The topological polar surface area (TPSA) is 29.9 Å². The molecule has 2 aliphatic rings. The van der Waals surface area contributed by atoms with Gasteiger partial charge < -0.3 is 5.32 Å². The molecular formula is C18H23N3. The fourth-order valence-corrected chi connectivity index (χ4v) is 3.87. The molecular weight excluding hydrogens is 258 g/mol. The van der Waals surface area contributed by atoms with Crippen LogP contribution in [0, 0.1) is 5.92 Å². The van der Waals surface area contributed by atoms with Gasteiger partial charge in [-0.15, -0.1) is 0 Å². The van der Waals surface area contributed by atoms with E-state index in [2.05, 4.69) is 51.5 Å². The van der Waals surface area contributed by atoms with Gasteiger partial charge in [0, 0.05) is 6.20 Å². The average Bonchev–Trinajstić information content (AvgIpc) is 3.31. The molecule has 1 unspecified atom stereocenters. The molecule has 1 aromatic heterocycles. The van der Waals surface area contributed by atoms with Crippen LogP contribution in [0.4, 0.5) is 0 Å². The Morgan fingerprint density at radius 2 is 1.90 bits per heavy atom. The second-order valence-corrected chi connectivity index (χ2v) is 6.45. The maximum atomic E-state index is 4.62. The lowest BCUT2D eigenvalue weighted by Gasteiger charge is -2.35. The van der Waals surface area contributed by atoms with E-state index in [0.717, 1.165) is 12.5 Å². The Morgan fingerprint density at radius 3 is 2.71 bits per heavy atom. The molecule has 3 nitrogen and oxygen atoms in total. The SMILES string of the molecule is c1ccc(-n2nccc2C2(C3CC3)CCCCCN2)cc1. The van der Waals surface area contributed by atoms with Crippen LogP contribution in [-0.4, -0.2) is 16.3 Å². The first kappa shape index (κ1) is 13.1. The summed E-state index contributed by atoms with van der Waals surface area (Å²) in [6.45, 7) is 1.14. The highest BCUT2D eigenvalue weighted by Gasteiger charge is 2.48. The van der Waals surface area contributed by atoms with Crippen molar-refractivity contribution in [1.82, 2.24) is 15.1 Å². The summed E-state index contributed by atoms with van der Waals surface area (Å²) >= 11 is 0. The smallest absolute Gasteiger partial charge is 0.0649 e. The summed E-state index contributed by atoms with van der Waals surface area (Å²) < 4.78 is 2.15. The lowest BCUT2D eigenvalue weighted by molar-refractivity contribution is 0.265. The number of para-hydroxylation sites is 1. The fourth-order valence-electron chi connectivity index (χ4n) is 3.87. The molecule has 1 atom stereocenters. The molecule has 2 fully saturated rings. The van der Waals surface area contributed by atoms with Crippen LogP contribution in [0.1, 0.15) is 44.2 Å². The quantitative estimate of drug-likeness (QED) is 0.931. The normalized spacial score (nSPS) is 26.5. The van der Waals surface area contributed by atoms with Crippen LogP contribution in [0.5, 0.6) is 0 Å². The minimum Gasteiger partial charge on any atom is -0.306 e. The van der Waals surface area contributed by atoms with Crippen molar-refractivity contribution in [1.29, 1.82) is 0 Å². The van der Waals surface area contributed by atoms with E-state index in [9.17, 15) is 0 Å². The van der Waals surface area contributed by atoms with Gasteiger partial charge in [-0.1, -0.05) is 31.0 Å². The van der Waals surface area contributed by atoms with E-state index in [1.807, 2.05) is 6.20 Å². The molecule has 1 aliphatic carbocycles. The van der Waals surface area contributed by atoms with Gasteiger partial charge in [0.1, 0.15) is 0 Å². The zero-order valence-corrected chi connectivity index (χ0v) is 12.5. The molecule has 1 saturated carbocycles. The van der Waals surface area contributed by atoms with Crippen molar-refractivity contribution in [3.8, 4) is 5.69 Å². The van der Waals surface area contributed by atoms with Gasteiger partial charge in [-0.05, 0) is 56.3 Å². The molecule has 0 bridgehead atoms. The zero-order valence-electron chi connectivity index (χ0n) is 12.5. The summed E-state index contributed by atoms with van der Waals surface area (Å²) in [5.41, 5.74) is 2.67. The van der Waals surface area contributed by atoms with Gasteiger partial charge in [0.25, 0.3) is 0 Å². The van der Waals surface area contributed by atoms with Crippen molar-refractivity contribution < 1.29 is 0 Å². The number of aromatic nitrogens is 2. The first-order valence-electron chi connectivity index (χ1n) is 8.25. The van der Waals surface area contributed by atoms with Crippen LogP contribution in [-0.2, 0) is 5.54 Å². The molecule has 0 amide bonds. The number of nitrogens with one attached hydrogen (secondary N) is 1. The highest BCUT2D eigenvalue weighted by atomic mass is 15.3. The van der Waals surface area contributed by atoms with Crippen LogP contribution in [0.15, 0.2) is 42.6 Å². The molecule has 1 aromatic carbocycles. The Bertz CT molecular complexity index is 590. The lowest BCUT2D eigenvalue weighted by Crippen LogP contribution is -2.45. The Labute approximate surface area is 126 Å². The molecule has 2 aromatic rings. The summed E-state index contributed by atoms with van der Waals surface area (Å²) in [6, 6.07) is 12.8. The van der Waals surface area contributed by atoms with Crippen LogP contribution < -0.4 is 5.32 Å². The first-order chi connectivity index (χ1) is 10.4. The highest BCUT2D eigenvalue weighted by molar-refractivity contribution is 5.35. The summed E-state index contributed by atoms with van der Waals surface area (Å²) in [7, 11) is 0. The molecule has 2 heterocycles. The largest absolute Gasteiger partial charge is 0.306 e. The summed E-state index contributed by atoms with van der Waals surface area (Å²) in [5.74, 6) is 0.787. The predicted octanol–water partition coefficient (Wildman–Crippen LogP) is 3.64. The van der Waals surface area contributed by atoms with Gasteiger partial charge in [0.05, 0.1) is 16.9 Å². The minimum atomic E-state index is 0.142. The van der Waals surface area contributed by atoms with E-state index >= 15 is 0 Å². The number of nitrogens with zero attached hydrogens (tertiary/aromatic N) is 2. The summed E-state index contributed by atoms with van der Waals surface area (Å²) in [6.07, 6.45) is 9.88. The predicted molar refractivity (Wildman–Crippen MR) is 84.4 cm³/mol. The van der Waals surface area contributed by atoms with Crippen molar-refractivity contribution in [2.75, 3.05) is 6.54 Å². The third-order valence-electron chi connectivity index (χ3n) is 5.06. The van der Waals surface area contributed by atoms with Crippen LogP contribution in [0.3, 0.4) is 0 Å². The first-order valence-corrected chi connectivity index (χ1v) is 8.25. The molecule has 1 aliphatic heterocycles. The third-order valence-corrected chi connectivity index (χ3v) is 5.06. The fraction of sp³-hybridized carbons (Fsp3) is 0.500. The van der Waals surface area contributed by atoms with E-state index < -0.39 is 0 Å². The monoisotopic (exact) mass is 281 g/mol. The number of rotatable bonds is 3. The van der Waals surface area contributed by atoms with Gasteiger partial charge in [-0.25, -0.2) is 4.68 Å². The summed E-state index contributed by atoms with van der Waals surface area (Å²) in [4.78, 5) is 0. The van der Waals surface area contributed by atoms with E-state index in [0.29, 0.717) is 0 Å². The summed E-state index contributed by atoms with van der Waals surface area (Å²) in [5, 5.41) is 8.53. The highest BCUT2D eigenvalue weighted by Crippen LogP contribution is 2.49. The van der Waals surface area contributed by atoms with Gasteiger partial charge >= 0.3 is 0 Å². The molecule has 3 heteroatoms. The Hall–Kier alpha value is -1.61. The Kier molecular flexibility index (Phi) is 3.30. The molecule has 1 N–H and O–H groups in total. The molecule has 1 saturated heterocycles. The second-order valence-electron chi connectivity index (χ2n) is 6.45. The van der Waals surface area contributed by atoms with Crippen molar-refractivity contribution in [3.05, 3.63) is 48.3 Å². The Balaban J connectivity index is 1.79. The second kappa shape index (κ2) is 5.30. The lowest BCUT2D eigenvalue weighted by atomic mass is 9.84. The van der Waals surface area contributed by atoms with Crippen LogP contribution in [0.25, 0.3) is 5.69 Å². The van der Waals surface area contributed by atoms with E-state index in [1.54, 1.807) is 0 Å². The van der Waals surface area contributed by atoms with Gasteiger partial charge in [0.15, 0.2) is 0 Å². The molecule has 0 radical (unpaired) electrons. The number of hydrogen-bond acceptors (Lipinski definition) is 2. The maximum Gasteiger partial charge on any atom is 0.0649 e. The van der Waals surface area contributed by atoms with E-state index in [-0.39, 0.29) is 5.54 Å². The third kappa shape index (κ3) is 2.30. The molecule has 4 rings (SSSR count). The van der Waals surface area contributed by atoms with Crippen LogP contribution >= 0.6 is 0 Å². The van der Waals surface area contributed by atoms with Gasteiger partial charge in [0.2, 0.25) is 0 Å². The van der Waals surface area contributed by atoms with Gasteiger partial charge in [-0.3, -0.25) is 0 Å². The minimum absolute atomic E-state index is 0.142. The average molecular weight is 281 g/mol.